The first kappa shape index (κ1) is 37.3. The molecule has 0 spiro atoms. The number of hydrogen-bond acceptors (Lipinski definition) is 1. The van der Waals surface area contributed by atoms with Gasteiger partial charge in [0.05, 0.1) is 0 Å². The maximum atomic E-state index is 2.45. The number of fused-ring (bicyclic) bond motifs is 4. The number of benzene rings is 11. The van der Waals surface area contributed by atoms with Crippen molar-refractivity contribution in [3.05, 3.63) is 248 Å². The second kappa shape index (κ2) is 15.8. The van der Waals surface area contributed by atoms with E-state index in [0.717, 1.165) is 6.42 Å². The van der Waals surface area contributed by atoms with Crippen LogP contribution in [0.1, 0.15) is 22.8 Å². The summed E-state index contributed by atoms with van der Waals surface area (Å²) in [4.78, 5) is 1.36. The van der Waals surface area contributed by atoms with Gasteiger partial charge in [0.2, 0.25) is 0 Å². The fraction of sp³-hybridized carbons (Fsp3) is 0.0323. The molecule has 0 aromatic heterocycles. The Hall–Kier alpha value is -7.45. The molecular formula is C62H42S. The molecule has 1 unspecified atom stereocenters. The molecular weight excluding hydrogens is 777 g/mol. The van der Waals surface area contributed by atoms with Crippen LogP contribution in [0, 0.1) is 0 Å². The molecule has 0 bridgehead atoms. The average molecular weight is 819 g/mol. The Morgan fingerprint density at radius 2 is 0.730 bits per heavy atom. The quantitative estimate of drug-likeness (QED) is 0.144. The highest BCUT2D eigenvalue weighted by Gasteiger charge is 2.22. The Morgan fingerprint density at radius 3 is 1.35 bits per heavy atom. The molecule has 0 fully saturated rings. The van der Waals surface area contributed by atoms with Gasteiger partial charge >= 0.3 is 0 Å². The number of thioether (sulfide) groups is 1. The van der Waals surface area contributed by atoms with Crippen LogP contribution in [-0.4, -0.2) is 0 Å². The Bertz CT molecular complexity index is 3540. The molecule has 11 aromatic rings. The topological polar surface area (TPSA) is 0 Å². The van der Waals surface area contributed by atoms with Crippen LogP contribution < -0.4 is 0 Å². The van der Waals surface area contributed by atoms with E-state index in [1.54, 1.807) is 0 Å². The van der Waals surface area contributed by atoms with Gasteiger partial charge in [-0.2, -0.15) is 0 Å². The van der Waals surface area contributed by atoms with Crippen molar-refractivity contribution in [1.29, 1.82) is 0 Å². The summed E-state index contributed by atoms with van der Waals surface area (Å²) in [7, 11) is 0. The van der Waals surface area contributed by atoms with Crippen LogP contribution in [0.25, 0.3) is 104 Å². The molecule has 1 aliphatic heterocycles. The number of rotatable bonds is 7. The fourth-order valence-corrected chi connectivity index (χ4v) is 11.0. The standard InChI is InChI=1S/C62H42S/c1-2-13-45(14-3-1)59-35-36-60(63-59)54-18-10-17-50(39-54)53-33-34-57-58(40-53)62(47-29-23-44(24-30-47)52-32-26-42-12-5-7-16-49(42)38-52)56-20-9-8-19-55(56)61(57)46-27-21-43(22-28-46)51-31-25-41-11-4-6-15-48(41)37-51/h1-34,36-40,59H,35H2. The second-order valence-corrected chi connectivity index (χ2v) is 18.0. The lowest BCUT2D eigenvalue weighted by Crippen LogP contribution is -1.92. The van der Waals surface area contributed by atoms with E-state index in [9.17, 15) is 0 Å². The van der Waals surface area contributed by atoms with Crippen LogP contribution in [0.4, 0.5) is 0 Å². The Balaban J connectivity index is 0.996. The molecule has 1 aliphatic rings. The van der Waals surface area contributed by atoms with Crippen LogP contribution >= 0.6 is 11.8 Å². The van der Waals surface area contributed by atoms with Gasteiger partial charge in [0.15, 0.2) is 0 Å². The minimum absolute atomic E-state index is 0.453. The lowest BCUT2D eigenvalue weighted by molar-refractivity contribution is 0.991. The third-order valence-corrected chi connectivity index (χ3v) is 14.4. The van der Waals surface area contributed by atoms with Gasteiger partial charge in [-0.3, -0.25) is 0 Å². The van der Waals surface area contributed by atoms with Crippen LogP contribution in [0.15, 0.2) is 237 Å². The highest BCUT2D eigenvalue weighted by molar-refractivity contribution is 8.08. The zero-order valence-electron chi connectivity index (χ0n) is 34.7. The first-order valence-corrected chi connectivity index (χ1v) is 22.8. The summed E-state index contributed by atoms with van der Waals surface area (Å²) in [5.41, 5.74) is 15.0. The summed E-state index contributed by atoms with van der Waals surface area (Å²) in [5, 5.41) is 10.5. The van der Waals surface area contributed by atoms with E-state index in [0.29, 0.717) is 5.25 Å². The summed E-state index contributed by atoms with van der Waals surface area (Å²) in [6, 6.07) is 85.4. The van der Waals surface area contributed by atoms with Crippen molar-refractivity contribution in [2.75, 3.05) is 0 Å². The van der Waals surface area contributed by atoms with E-state index >= 15 is 0 Å². The predicted octanol–water partition coefficient (Wildman–Crippen LogP) is 17.9. The lowest BCUT2D eigenvalue weighted by Gasteiger charge is -2.19. The molecule has 0 nitrogen and oxygen atoms in total. The van der Waals surface area contributed by atoms with Crippen molar-refractivity contribution in [3.8, 4) is 55.6 Å². The van der Waals surface area contributed by atoms with Crippen LogP contribution in [-0.2, 0) is 0 Å². The molecule has 63 heavy (non-hydrogen) atoms. The maximum Gasteiger partial charge on any atom is 0.0379 e. The Labute approximate surface area is 372 Å². The fourth-order valence-electron chi connectivity index (χ4n) is 9.75. The van der Waals surface area contributed by atoms with E-state index in [1.807, 2.05) is 11.8 Å². The van der Waals surface area contributed by atoms with Crippen LogP contribution in [0.3, 0.4) is 0 Å². The van der Waals surface area contributed by atoms with Crippen molar-refractivity contribution < 1.29 is 0 Å². The number of hydrogen-bond donors (Lipinski definition) is 0. The predicted molar refractivity (Wildman–Crippen MR) is 273 cm³/mol. The van der Waals surface area contributed by atoms with E-state index in [4.69, 9.17) is 0 Å². The largest absolute Gasteiger partial charge is 0.117 e. The third-order valence-electron chi connectivity index (χ3n) is 13.0. The maximum absolute atomic E-state index is 2.45. The van der Waals surface area contributed by atoms with Gasteiger partial charge < -0.3 is 0 Å². The molecule has 0 saturated heterocycles. The van der Waals surface area contributed by atoms with Crippen molar-refractivity contribution >= 4 is 59.8 Å². The Kier molecular flexibility index (Phi) is 9.35. The van der Waals surface area contributed by atoms with E-state index < -0.39 is 0 Å². The van der Waals surface area contributed by atoms with Gasteiger partial charge in [-0.15, -0.1) is 11.8 Å². The molecule has 0 saturated carbocycles. The summed E-state index contributed by atoms with van der Waals surface area (Å²) in [6.07, 6.45) is 3.47. The lowest BCUT2D eigenvalue weighted by atomic mass is 9.84. The summed E-state index contributed by atoms with van der Waals surface area (Å²) in [5.74, 6) is 0. The second-order valence-electron chi connectivity index (χ2n) is 16.7. The zero-order chi connectivity index (χ0) is 41.7. The minimum Gasteiger partial charge on any atom is -0.117 e. The summed E-state index contributed by atoms with van der Waals surface area (Å²) in [6.45, 7) is 0. The highest BCUT2D eigenvalue weighted by Crippen LogP contribution is 2.49. The zero-order valence-corrected chi connectivity index (χ0v) is 35.5. The Morgan fingerprint density at radius 1 is 0.286 bits per heavy atom. The molecule has 12 rings (SSSR count). The van der Waals surface area contributed by atoms with E-state index in [2.05, 4.69) is 237 Å². The molecule has 0 N–H and O–H groups in total. The van der Waals surface area contributed by atoms with Crippen molar-refractivity contribution in [3.63, 3.8) is 0 Å². The van der Waals surface area contributed by atoms with Crippen molar-refractivity contribution in [1.82, 2.24) is 0 Å². The van der Waals surface area contributed by atoms with E-state index in [-0.39, 0.29) is 0 Å². The van der Waals surface area contributed by atoms with Gasteiger partial charge in [-0.05, 0) is 141 Å². The molecule has 0 amide bonds. The van der Waals surface area contributed by atoms with Gasteiger partial charge in [-0.25, -0.2) is 0 Å². The van der Waals surface area contributed by atoms with Gasteiger partial charge in [-0.1, -0.05) is 212 Å². The molecule has 11 aromatic carbocycles. The van der Waals surface area contributed by atoms with Gasteiger partial charge in [0.25, 0.3) is 0 Å². The minimum atomic E-state index is 0.453. The normalized spacial score (nSPS) is 13.8. The summed E-state index contributed by atoms with van der Waals surface area (Å²) >= 11 is 1.98. The molecule has 296 valence electrons. The average Bonchev–Trinajstić information content (AvgIpc) is 3.87. The third kappa shape index (κ3) is 6.92. The van der Waals surface area contributed by atoms with Crippen molar-refractivity contribution in [2.24, 2.45) is 0 Å². The molecule has 0 radical (unpaired) electrons. The molecule has 1 atom stereocenters. The summed E-state index contributed by atoms with van der Waals surface area (Å²) < 4.78 is 0. The van der Waals surface area contributed by atoms with Crippen molar-refractivity contribution in [2.45, 2.75) is 11.7 Å². The highest BCUT2D eigenvalue weighted by atomic mass is 32.2. The van der Waals surface area contributed by atoms with Gasteiger partial charge in [0.1, 0.15) is 0 Å². The van der Waals surface area contributed by atoms with E-state index in [1.165, 1.54) is 115 Å². The number of allylic oxidation sites excluding steroid dienone is 1. The SMILES string of the molecule is C1=C(c2cccc(-c3ccc4c(-c5ccc(-c6ccc7ccccc7c6)cc5)c5ccccc5c(-c5ccc(-c6ccc7ccccc7c6)cc5)c4c3)c2)SC(c2ccccc2)C1. The van der Waals surface area contributed by atoms with Crippen LogP contribution in [0.5, 0.6) is 0 Å². The first-order valence-electron chi connectivity index (χ1n) is 21.9. The van der Waals surface area contributed by atoms with Gasteiger partial charge in [0, 0.05) is 10.2 Å². The smallest absolute Gasteiger partial charge is 0.0379 e. The monoisotopic (exact) mass is 818 g/mol. The molecule has 0 aliphatic carbocycles. The molecule has 1 heteroatoms. The van der Waals surface area contributed by atoms with Crippen LogP contribution in [0.2, 0.25) is 0 Å². The first-order chi connectivity index (χ1) is 31.2. The molecule has 1 heterocycles.